The molecule has 3 rings (SSSR count). The van der Waals surface area contributed by atoms with Gasteiger partial charge >= 0.3 is 0 Å². The Morgan fingerprint density at radius 3 is 2.57 bits per heavy atom. The third kappa shape index (κ3) is 3.85. The first kappa shape index (κ1) is 16.3. The summed E-state index contributed by atoms with van der Waals surface area (Å²) in [6, 6.07) is 12.8. The molecular formula is C17H17Cl2N3O. The van der Waals surface area contributed by atoms with Gasteiger partial charge in [0.15, 0.2) is 0 Å². The maximum Gasteiger partial charge on any atom is 0.242 e. The number of amides is 1. The van der Waals surface area contributed by atoms with Crippen molar-refractivity contribution >= 4 is 34.8 Å². The normalized spacial score (nSPS) is 20.5. The van der Waals surface area contributed by atoms with Crippen molar-refractivity contribution in [3.05, 3.63) is 63.6 Å². The molecule has 2 aromatic carbocycles. The molecule has 3 N–H and O–H groups in total. The van der Waals surface area contributed by atoms with Gasteiger partial charge < -0.3 is 5.32 Å². The lowest BCUT2D eigenvalue weighted by molar-refractivity contribution is -0.117. The summed E-state index contributed by atoms with van der Waals surface area (Å²) in [6.07, 6.45) is 0.667. The summed E-state index contributed by atoms with van der Waals surface area (Å²) < 4.78 is 0. The summed E-state index contributed by atoms with van der Waals surface area (Å²) in [5, 5.41) is 4.30. The van der Waals surface area contributed by atoms with Crippen molar-refractivity contribution in [2.24, 2.45) is 0 Å². The molecule has 1 heterocycles. The lowest BCUT2D eigenvalue weighted by atomic mass is 10.0. The highest BCUT2D eigenvalue weighted by atomic mass is 35.5. The smallest absolute Gasteiger partial charge is 0.242 e. The number of nitrogens with one attached hydrogen (secondary N) is 3. The van der Waals surface area contributed by atoms with Crippen LogP contribution in [0.4, 0.5) is 5.69 Å². The Morgan fingerprint density at radius 1 is 1.13 bits per heavy atom. The van der Waals surface area contributed by atoms with E-state index in [1.807, 2.05) is 37.3 Å². The molecule has 0 aliphatic carbocycles. The molecule has 1 saturated heterocycles. The quantitative estimate of drug-likeness (QED) is 0.788. The zero-order valence-corrected chi connectivity index (χ0v) is 14.1. The van der Waals surface area contributed by atoms with Gasteiger partial charge in [0, 0.05) is 21.8 Å². The Balaban J connectivity index is 1.63. The summed E-state index contributed by atoms with van der Waals surface area (Å²) >= 11 is 11.9. The van der Waals surface area contributed by atoms with E-state index in [0.29, 0.717) is 16.5 Å². The van der Waals surface area contributed by atoms with E-state index in [9.17, 15) is 4.79 Å². The zero-order chi connectivity index (χ0) is 16.4. The number of hydrogen-bond donors (Lipinski definition) is 3. The van der Waals surface area contributed by atoms with Gasteiger partial charge in [-0.15, -0.1) is 0 Å². The van der Waals surface area contributed by atoms with E-state index < -0.39 is 0 Å². The Bertz CT molecular complexity index is 718. The van der Waals surface area contributed by atoms with Crippen LogP contribution in [0.1, 0.15) is 23.6 Å². The molecule has 1 amide bonds. The molecule has 4 nitrogen and oxygen atoms in total. The van der Waals surface area contributed by atoms with Crippen LogP contribution in [0.25, 0.3) is 0 Å². The van der Waals surface area contributed by atoms with E-state index in [4.69, 9.17) is 23.2 Å². The van der Waals surface area contributed by atoms with Crippen LogP contribution in [-0.4, -0.2) is 11.9 Å². The van der Waals surface area contributed by atoms with Crippen LogP contribution >= 0.6 is 23.2 Å². The fraction of sp³-hybridized carbons (Fsp3) is 0.235. The fourth-order valence-corrected chi connectivity index (χ4v) is 2.84. The van der Waals surface area contributed by atoms with E-state index in [-0.39, 0.29) is 18.0 Å². The molecule has 1 aliphatic heterocycles. The van der Waals surface area contributed by atoms with Gasteiger partial charge in [0.1, 0.15) is 6.04 Å². The average Bonchev–Trinajstić information content (AvgIpc) is 3.02. The molecule has 1 fully saturated rings. The van der Waals surface area contributed by atoms with E-state index in [2.05, 4.69) is 16.2 Å². The molecule has 0 spiro atoms. The molecule has 0 saturated carbocycles. The fourth-order valence-electron chi connectivity index (χ4n) is 2.59. The van der Waals surface area contributed by atoms with Gasteiger partial charge in [0.2, 0.25) is 5.91 Å². The van der Waals surface area contributed by atoms with Crippen LogP contribution in [0.5, 0.6) is 0 Å². The highest BCUT2D eigenvalue weighted by Crippen LogP contribution is 2.25. The molecule has 0 radical (unpaired) electrons. The molecule has 2 aromatic rings. The standard InChI is InChI=1S/C17H17Cl2N3O/c1-10-8-13(6-7-14(10)19)20-17(23)16-9-15(21-22-16)11-2-4-12(18)5-3-11/h2-8,15-16,21-22H,9H2,1H3,(H,20,23). The lowest BCUT2D eigenvalue weighted by Gasteiger charge is -2.11. The van der Waals surface area contributed by atoms with Crippen molar-refractivity contribution in [3.8, 4) is 0 Å². The molecule has 0 bridgehead atoms. The molecule has 0 aromatic heterocycles. The Labute approximate surface area is 145 Å². The average molecular weight is 350 g/mol. The summed E-state index contributed by atoms with van der Waals surface area (Å²) in [6.45, 7) is 1.91. The first-order valence-electron chi connectivity index (χ1n) is 7.36. The zero-order valence-electron chi connectivity index (χ0n) is 12.6. The predicted octanol–water partition coefficient (Wildman–Crippen LogP) is 3.85. The molecule has 2 unspecified atom stereocenters. The number of benzene rings is 2. The van der Waals surface area contributed by atoms with E-state index >= 15 is 0 Å². The van der Waals surface area contributed by atoms with E-state index in [0.717, 1.165) is 16.8 Å². The summed E-state index contributed by atoms with van der Waals surface area (Å²) in [7, 11) is 0. The monoisotopic (exact) mass is 349 g/mol. The molecule has 1 aliphatic rings. The number of halogens is 2. The third-order valence-electron chi connectivity index (χ3n) is 3.92. The van der Waals surface area contributed by atoms with Gasteiger partial charge in [0.05, 0.1) is 0 Å². The van der Waals surface area contributed by atoms with Gasteiger partial charge in [-0.25, -0.2) is 10.9 Å². The second kappa shape index (κ2) is 6.89. The number of hydrogen-bond acceptors (Lipinski definition) is 3. The molecular weight excluding hydrogens is 333 g/mol. The van der Waals surface area contributed by atoms with Crippen molar-refractivity contribution in [3.63, 3.8) is 0 Å². The summed E-state index contributed by atoms with van der Waals surface area (Å²) in [5.41, 5.74) is 8.97. The molecule has 23 heavy (non-hydrogen) atoms. The number of carbonyl (C=O) groups is 1. The van der Waals surface area contributed by atoms with Crippen molar-refractivity contribution < 1.29 is 4.79 Å². The number of hydrazine groups is 1. The predicted molar refractivity (Wildman–Crippen MR) is 93.7 cm³/mol. The van der Waals surface area contributed by atoms with Gasteiger partial charge in [-0.05, 0) is 54.8 Å². The van der Waals surface area contributed by atoms with E-state index in [1.165, 1.54) is 0 Å². The van der Waals surface area contributed by atoms with E-state index in [1.54, 1.807) is 12.1 Å². The Kier molecular flexibility index (Phi) is 4.87. The maximum absolute atomic E-state index is 12.4. The largest absolute Gasteiger partial charge is 0.325 e. The van der Waals surface area contributed by atoms with Crippen LogP contribution in [-0.2, 0) is 4.79 Å². The van der Waals surface area contributed by atoms with Crippen LogP contribution in [0.3, 0.4) is 0 Å². The van der Waals surface area contributed by atoms with Gasteiger partial charge in [0.25, 0.3) is 0 Å². The van der Waals surface area contributed by atoms with Crippen LogP contribution in [0.15, 0.2) is 42.5 Å². The number of carbonyl (C=O) groups excluding carboxylic acids is 1. The second-order valence-corrected chi connectivity index (χ2v) is 6.48. The minimum atomic E-state index is -0.299. The first-order chi connectivity index (χ1) is 11.0. The maximum atomic E-state index is 12.4. The number of rotatable bonds is 3. The van der Waals surface area contributed by atoms with Crippen molar-refractivity contribution in [2.45, 2.75) is 25.4 Å². The SMILES string of the molecule is Cc1cc(NC(=O)C2CC(c3ccc(Cl)cc3)NN2)ccc1Cl. The highest BCUT2D eigenvalue weighted by molar-refractivity contribution is 6.31. The molecule has 6 heteroatoms. The van der Waals surface area contributed by atoms with Crippen molar-refractivity contribution in [1.82, 2.24) is 10.9 Å². The Hall–Kier alpha value is -1.59. The highest BCUT2D eigenvalue weighted by Gasteiger charge is 2.30. The second-order valence-electron chi connectivity index (χ2n) is 5.63. The lowest BCUT2D eigenvalue weighted by Crippen LogP contribution is -2.39. The topological polar surface area (TPSA) is 53.2 Å². The van der Waals surface area contributed by atoms with Gasteiger partial charge in [-0.1, -0.05) is 35.3 Å². The van der Waals surface area contributed by atoms with Crippen LogP contribution < -0.4 is 16.2 Å². The van der Waals surface area contributed by atoms with Crippen LogP contribution in [0.2, 0.25) is 10.0 Å². The third-order valence-corrected chi connectivity index (χ3v) is 4.59. The summed E-state index contributed by atoms with van der Waals surface area (Å²) in [5.74, 6) is -0.0734. The number of aryl methyl sites for hydroxylation is 1. The molecule has 2 atom stereocenters. The van der Waals surface area contributed by atoms with Crippen LogP contribution in [0, 0.1) is 6.92 Å². The molecule has 120 valence electrons. The summed E-state index contributed by atoms with van der Waals surface area (Å²) in [4.78, 5) is 12.4. The van der Waals surface area contributed by atoms with Crippen molar-refractivity contribution in [2.75, 3.05) is 5.32 Å². The van der Waals surface area contributed by atoms with Gasteiger partial charge in [-0.3, -0.25) is 4.79 Å². The van der Waals surface area contributed by atoms with Gasteiger partial charge in [-0.2, -0.15) is 0 Å². The van der Waals surface area contributed by atoms with Crippen molar-refractivity contribution in [1.29, 1.82) is 0 Å². The minimum absolute atomic E-state index is 0.0734. The number of anilines is 1. The Morgan fingerprint density at radius 2 is 1.87 bits per heavy atom. The minimum Gasteiger partial charge on any atom is -0.325 e. The first-order valence-corrected chi connectivity index (χ1v) is 8.12.